The van der Waals surface area contributed by atoms with Gasteiger partial charge in [0.15, 0.2) is 17.7 Å². The van der Waals surface area contributed by atoms with E-state index in [-0.39, 0.29) is 35.4 Å². The maximum Gasteiger partial charge on any atom is 0.416 e. The Bertz CT molecular complexity index is 1380. The molecule has 2 aromatic heterocycles. The molecular weight excluding hydrogens is 575 g/mol. The Balaban J connectivity index is 1.16. The van der Waals surface area contributed by atoms with E-state index >= 15 is 0 Å². The lowest BCUT2D eigenvalue weighted by atomic mass is 9.97. The van der Waals surface area contributed by atoms with Gasteiger partial charge in [-0.2, -0.15) is 13.2 Å². The highest BCUT2D eigenvalue weighted by atomic mass is 35.5. The van der Waals surface area contributed by atoms with Crippen molar-refractivity contribution in [3.63, 3.8) is 0 Å². The van der Waals surface area contributed by atoms with E-state index in [0.717, 1.165) is 23.9 Å². The zero-order valence-corrected chi connectivity index (χ0v) is 23.0. The number of alkyl halides is 3. The number of carbonyl (C=O) groups is 1. The monoisotopic (exact) mass is 597 g/mol. The van der Waals surface area contributed by atoms with Gasteiger partial charge in [-0.05, 0) is 31.2 Å². The topological polar surface area (TPSA) is 89.8 Å². The lowest BCUT2D eigenvalue weighted by Gasteiger charge is -2.31. The number of thiazole rings is 1. The summed E-state index contributed by atoms with van der Waals surface area (Å²) in [5.74, 6) is 0.386. The number of thioether (sulfide) groups is 1. The molecule has 2 aliphatic rings. The zero-order chi connectivity index (χ0) is 27.6. The maximum absolute atomic E-state index is 13.5. The summed E-state index contributed by atoms with van der Waals surface area (Å²) in [6, 6.07) is 3.67. The smallest absolute Gasteiger partial charge is 0.416 e. The quantitative estimate of drug-likeness (QED) is 0.310. The standard InChI is InChI=1S/C25H23ClF3N5O3S2/c1-38-24-22(30-7-8-31-24)36-12-20(35)34-9-5-14(6-10-34)23-32-18(13-39-23)17-11-19(37-33-17)21-15(25(27,28)29)3-2-4-16(21)26/h2-4,7-8,13-14,19H,5-6,9-12H2,1H3. The molecule has 5 rings (SSSR count). The minimum Gasteiger partial charge on any atom is -0.466 e. The molecule has 1 saturated heterocycles. The summed E-state index contributed by atoms with van der Waals surface area (Å²) >= 11 is 8.99. The lowest BCUT2D eigenvalue weighted by Crippen LogP contribution is -2.40. The van der Waals surface area contributed by atoms with Crippen LogP contribution < -0.4 is 4.74 Å². The average Bonchev–Trinajstić information content (AvgIpc) is 3.62. The molecule has 0 bridgehead atoms. The first-order valence-electron chi connectivity index (χ1n) is 12.0. The number of hydrogen-bond acceptors (Lipinski definition) is 9. The molecule has 8 nitrogen and oxygen atoms in total. The van der Waals surface area contributed by atoms with E-state index in [1.54, 1.807) is 11.1 Å². The van der Waals surface area contributed by atoms with Crippen LogP contribution in [0.5, 0.6) is 5.88 Å². The van der Waals surface area contributed by atoms with Crippen LogP contribution in [0.3, 0.4) is 0 Å². The van der Waals surface area contributed by atoms with Gasteiger partial charge in [-0.25, -0.2) is 15.0 Å². The van der Waals surface area contributed by atoms with Crippen molar-refractivity contribution >= 4 is 46.3 Å². The third-order valence-electron chi connectivity index (χ3n) is 6.52. The number of nitrogens with zero attached hydrogens (tertiary/aromatic N) is 5. The zero-order valence-electron chi connectivity index (χ0n) is 20.7. The van der Waals surface area contributed by atoms with Crippen molar-refractivity contribution in [3.8, 4) is 5.88 Å². The molecule has 4 heterocycles. The molecule has 1 fully saturated rings. The van der Waals surface area contributed by atoms with E-state index in [1.807, 2.05) is 11.6 Å². The summed E-state index contributed by atoms with van der Waals surface area (Å²) in [5, 5.41) is 7.39. The molecule has 1 aromatic carbocycles. The number of benzene rings is 1. The van der Waals surface area contributed by atoms with Crippen LogP contribution in [0, 0.1) is 0 Å². The number of ether oxygens (including phenoxy) is 1. The predicted molar refractivity (Wildman–Crippen MR) is 141 cm³/mol. The molecule has 0 N–H and O–H groups in total. The number of hydrogen-bond donors (Lipinski definition) is 0. The van der Waals surface area contributed by atoms with Crippen LogP contribution in [0.25, 0.3) is 0 Å². The third kappa shape index (κ3) is 6.15. The van der Waals surface area contributed by atoms with Crippen molar-refractivity contribution < 1.29 is 27.5 Å². The van der Waals surface area contributed by atoms with Gasteiger partial charge in [-0.15, -0.1) is 23.1 Å². The number of rotatable bonds is 7. The second-order valence-corrected chi connectivity index (χ2v) is 11.0. The largest absolute Gasteiger partial charge is 0.466 e. The predicted octanol–water partition coefficient (Wildman–Crippen LogP) is 5.98. The van der Waals surface area contributed by atoms with E-state index in [0.29, 0.717) is 35.4 Å². The fraction of sp³-hybridized carbons (Fsp3) is 0.400. The molecule has 0 radical (unpaired) electrons. The van der Waals surface area contributed by atoms with Crippen LogP contribution in [-0.4, -0.2) is 57.4 Å². The minimum atomic E-state index is -4.56. The van der Waals surface area contributed by atoms with E-state index in [9.17, 15) is 18.0 Å². The Morgan fingerprint density at radius 2 is 2.03 bits per heavy atom. The number of likely N-dealkylation sites (tertiary alicyclic amines) is 1. The highest BCUT2D eigenvalue weighted by Crippen LogP contribution is 2.42. The Morgan fingerprint density at radius 1 is 1.26 bits per heavy atom. The van der Waals surface area contributed by atoms with Crippen molar-refractivity contribution in [1.29, 1.82) is 0 Å². The molecule has 0 aliphatic carbocycles. The first-order valence-corrected chi connectivity index (χ1v) is 14.5. The number of amides is 1. The van der Waals surface area contributed by atoms with E-state index < -0.39 is 17.8 Å². The molecule has 0 saturated carbocycles. The van der Waals surface area contributed by atoms with E-state index in [4.69, 9.17) is 26.2 Å². The molecular formula is C25H23ClF3N5O3S2. The van der Waals surface area contributed by atoms with Crippen molar-refractivity contribution in [1.82, 2.24) is 19.9 Å². The van der Waals surface area contributed by atoms with Crippen LogP contribution in [-0.2, 0) is 15.8 Å². The first-order chi connectivity index (χ1) is 18.7. The molecule has 1 unspecified atom stereocenters. The summed E-state index contributed by atoms with van der Waals surface area (Å²) in [6.07, 6.45) is 1.06. The normalized spacial score (nSPS) is 18.1. The second kappa shape index (κ2) is 11.7. The van der Waals surface area contributed by atoms with Gasteiger partial charge in [-0.3, -0.25) is 4.79 Å². The lowest BCUT2D eigenvalue weighted by molar-refractivity contribution is -0.139. The second-order valence-electron chi connectivity index (χ2n) is 8.92. The number of halogens is 4. The Kier molecular flexibility index (Phi) is 8.29. The summed E-state index contributed by atoms with van der Waals surface area (Å²) in [6.45, 7) is 1.02. The summed E-state index contributed by atoms with van der Waals surface area (Å²) < 4.78 is 46.2. The summed E-state index contributed by atoms with van der Waals surface area (Å²) in [5.41, 5.74) is 0.113. The van der Waals surface area contributed by atoms with Crippen LogP contribution in [0.1, 0.15) is 53.1 Å². The van der Waals surface area contributed by atoms with Gasteiger partial charge in [0.2, 0.25) is 5.88 Å². The highest BCUT2D eigenvalue weighted by Gasteiger charge is 2.39. The minimum absolute atomic E-state index is 0.0154. The molecule has 14 heteroatoms. The van der Waals surface area contributed by atoms with Crippen LogP contribution in [0.15, 0.2) is 46.2 Å². The molecule has 1 atom stereocenters. The van der Waals surface area contributed by atoms with Gasteiger partial charge in [0.25, 0.3) is 5.91 Å². The number of piperidine rings is 1. The molecule has 206 valence electrons. The highest BCUT2D eigenvalue weighted by molar-refractivity contribution is 7.98. The Hall–Kier alpha value is -2.90. The molecule has 3 aromatic rings. The molecule has 39 heavy (non-hydrogen) atoms. The first kappa shape index (κ1) is 27.7. The third-order valence-corrected chi connectivity index (χ3v) is 8.53. The van der Waals surface area contributed by atoms with E-state index in [2.05, 4.69) is 15.1 Å². The molecule has 1 amide bonds. The van der Waals surface area contributed by atoms with E-state index in [1.165, 1.54) is 41.4 Å². The van der Waals surface area contributed by atoms with Crippen molar-refractivity contribution in [2.75, 3.05) is 26.0 Å². The average molecular weight is 598 g/mol. The van der Waals surface area contributed by atoms with Crippen LogP contribution in [0.2, 0.25) is 5.02 Å². The van der Waals surface area contributed by atoms with Crippen molar-refractivity contribution in [3.05, 3.63) is 62.8 Å². The van der Waals surface area contributed by atoms with Crippen LogP contribution in [0.4, 0.5) is 13.2 Å². The number of oxime groups is 1. The number of aromatic nitrogens is 3. The van der Waals surface area contributed by atoms with Crippen molar-refractivity contribution in [2.45, 2.75) is 42.5 Å². The summed E-state index contributed by atoms with van der Waals surface area (Å²) in [4.78, 5) is 32.9. The van der Waals surface area contributed by atoms with Gasteiger partial charge in [-0.1, -0.05) is 22.8 Å². The SMILES string of the molecule is CSc1nccnc1OCC(=O)N1CCC(c2nc(C3=NOC(c4c(Cl)cccc4C(F)(F)F)C3)cs2)CC1. The van der Waals surface area contributed by atoms with Crippen LogP contribution >= 0.6 is 34.7 Å². The molecule has 0 spiro atoms. The maximum atomic E-state index is 13.5. The number of carbonyl (C=O) groups excluding carboxylic acids is 1. The van der Waals surface area contributed by atoms with Crippen molar-refractivity contribution in [2.24, 2.45) is 5.16 Å². The Labute approximate surface area is 235 Å². The van der Waals surface area contributed by atoms with Gasteiger partial charge < -0.3 is 14.5 Å². The molecule has 2 aliphatic heterocycles. The Morgan fingerprint density at radius 3 is 2.77 bits per heavy atom. The van der Waals surface area contributed by atoms with Gasteiger partial charge >= 0.3 is 6.18 Å². The van der Waals surface area contributed by atoms with Gasteiger partial charge in [0.05, 0.1) is 16.3 Å². The fourth-order valence-corrected chi connectivity index (χ4v) is 6.30. The van der Waals surface area contributed by atoms with Gasteiger partial charge in [0.1, 0.15) is 5.71 Å². The summed E-state index contributed by atoms with van der Waals surface area (Å²) in [7, 11) is 0. The van der Waals surface area contributed by atoms with Gasteiger partial charge in [0, 0.05) is 53.8 Å². The fourth-order valence-electron chi connectivity index (χ4n) is 4.55.